The van der Waals surface area contributed by atoms with Gasteiger partial charge in [0.15, 0.2) is 0 Å². The van der Waals surface area contributed by atoms with Gasteiger partial charge in [0.1, 0.15) is 5.82 Å². The van der Waals surface area contributed by atoms with Crippen LogP contribution >= 0.6 is 0 Å². The van der Waals surface area contributed by atoms with Gasteiger partial charge in [0.25, 0.3) is 0 Å². The summed E-state index contributed by atoms with van der Waals surface area (Å²) in [6.45, 7) is 2.68. The summed E-state index contributed by atoms with van der Waals surface area (Å²) in [6, 6.07) is 1.97. The number of nitrogens with one attached hydrogen (secondary N) is 1. The third-order valence-corrected chi connectivity index (χ3v) is 2.20. The molecule has 5 nitrogen and oxygen atoms in total. The molecule has 0 fully saturated rings. The molecule has 2 heterocycles. The lowest BCUT2D eigenvalue weighted by Gasteiger charge is -2.04. The highest BCUT2D eigenvalue weighted by Gasteiger charge is 2.00. The van der Waals surface area contributed by atoms with Gasteiger partial charge in [-0.3, -0.25) is 9.67 Å². The molecule has 0 aliphatic rings. The minimum atomic E-state index is 0.663. The predicted octanol–water partition coefficient (Wildman–Crippen LogP) is 1.07. The summed E-state index contributed by atoms with van der Waals surface area (Å²) in [5.74, 6) is 0.774. The second-order valence-electron chi connectivity index (χ2n) is 3.27. The molecule has 2 aromatic heterocycles. The highest BCUT2D eigenvalue weighted by atomic mass is 15.3. The Kier molecular flexibility index (Phi) is 2.62. The maximum Gasteiger partial charge on any atom is 0.144 e. The molecule has 78 valence electrons. The van der Waals surface area contributed by atoms with Gasteiger partial charge in [-0.1, -0.05) is 0 Å². The average Bonchev–Trinajstić information content (AvgIpc) is 2.66. The van der Waals surface area contributed by atoms with Gasteiger partial charge in [-0.2, -0.15) is 5.10 Å². The summed E-state index contributed by atoms with van der Waals surface area (Å²) in [5, 5.41) is 7.12. The van der Waals surface area contributed by atoms with Gasteiger partial charge in [-0.15, -0.1) is 0 Å². The molecule has 0 aromatic carbocycles. The quantitative estimate of drug-likeness (QED) is 0.810. The first-order chi connectivity index (χ1) is 7.29. The lowest BCUT2D eigenvalue weighted by atomic mass is 10.4. The number of anilines is 1. The van der Waals surface area contributed by atoms with E-state index in [1.807, 2.05) is 24.7 Å². The fraction of sp³-hybridized carbons (Fsp3) is 0.300. The molecule has 0 bridgehead atoms. The molecule has 0 saturated carbocycles. The third kappa shape index (κ3) is 2.12. The van der Waals surface area contributed by atoms with Crippen LogP contribution in [0.5, 0.6) is 0 Å². The molecule has 0 amide bonds. The molecular weight excluding hydrogens is 190 g/mol. The van der Waals surface area contributed by atoms with E-state index in [2.05, 4.69) is 20.4 Å². The smallest absolute Gasteiger partial charge is 0.144 e. The summed E-state index contributed by atoms with van der Waals surface area (Å²) >= 11 is 0. The number of aryl methyl sites for hydroxylation is 1. The zero-order valence-corrected chi connectivity index (χ0v) is 8.81. The van der Waals surface area contributed by atoms with Crippen LogP contribution in [0.1, 0.15) is 11.4 Å². The van der Waals surface area contributed by atoms with Crippen LogP contribution in [-0.2, 0) is 6.54 Å². The van der Waals surface area contributed by atoms with Crippen LogP contribution in [0.2, 0.25) is 0 Å². The Morgan fingerprint density at radius 2 is 2.20 bits per heavy atom. The summed E-state index contributed by atoms with van der Waals surface area (Å²) < 4.78 is 1.89. The van der Waals surface area contributed by atoms with Gasteiger partial charge in [-0.25, -0.2) is 4.98 Å². The van der Waals surface area contributed by atoms with Crippen molar-refractivity contribution in [1.82, 2.24) is 19.7 Å². The van der Waals surface area contributed by atoms with E-state index in [0.29, 0.717) is 6.54 Å². The van der Waals surface area contributed by atoms with E-state index in [9.17, 15) is 0 Å². The minimum Gasteiger partial charge on any atom is -0.372 e. The fourth-order valence-electron chi connectivity index (χ4n) is 1.28. The van der Waals surface area contributed by atoms with Crippen molar-refractivity contribution in [2.45, 2.75) is 13.5 Å². The Balaban J connectivity index is 2.14. The molecule has 2 aromatic rings. The summed E-state index contributed by atoms with van der Waals surface area (Å²) in [5.41, 5.74) is 2.02. The number of hydrogen-bond acceptors (Lipinski definition) is 4. The van der Waals surface area contributed by atoms with E-state index in [1.165, 1.54) is 0 Å². The number of hydrogen-bond donors (Lipinski definition) is 1. The molecule has 0 aliphatic heterocycles. The molecule has 0 spiro atoms. The topological polar surface area (TPSA) is 55.6 Å². The van der Waals surface area contributed by atoms with Crippen LogP contribution < -0.4 is 5.32 Å². The van der Waals surface area contributed by atoms with Crippen molar-refractivity contribution >= 4 is 5.82 Å². The maximum atomic E-state index is 4.28. The van der Waals surface area contributed by atoms with Crippen LogP contribution in [0.15, 0.2) is 24.7 Å². The van der Waals surface area contributed by atoms with Crippen molar-refractivity contribution in [2.75, 3.05) is 12.4 Å². The monoisotopic (exact) mass is 203 g/mol. The molecule has 15 heavy (non-hydrogen) atoms. The number of nitrogens with zero attached hydrogens (tertiary/aromatic N) is 4. The van der Waals surface area contributed by atoms with E-state index in [1.54, 1.807) is 18.6 Å². The molecule has 0 atom stereocenters. The van der Waals surface area contributed by atoms with Gasteiger partial charge in [-0.05, 0) is 13.0 Å². The van der Waals surface area contributed by atoms with Crippen molar-refractivity contribution in [3.05, 3.63) is 36.0 Å². The average molecular weight is 203 g/mol. The van der Waals surface area contributed by atoms with E-state index >= 15 is 0 Å². The van der Waals surface area contributed by atoms with E-state index in [0.717, 1.165) is 17.2 Å². The third-order valence-electron chi connectivity index (χ3n) is 2.20. The predicted molar refractivity (Wildman–Crippen MR) is 57.6 cm³/mol. The molecule has 0 aliphatic carbocycles. The Bertz CT molecular complexity index is 431. The number of rotatable bonds is 3. The lowest BCUT2D eigenvalue weighted by molar-refractivity contribution is 0.650. The van der Waals surface area contributed by atoms with Crippen LogP contribution in [-0.4, -0.2) is 26.8 Å². The van der Waals surface area contributed by atoms with E-state index < -0.39 is 0 Å². The molecule has 0 saturated heterocycles. The Morgan fingerprint density at radius 1 is 1.33 bits per heavy atom. The summed E-state index contributed by atoms with van der Waals surface area (Å²) in [4.78, 5) is 8.47. The molecule has 1 N–H and O–H groups in total. The number of aromatic nitrogens is 4. The Labute approximate surface area is 88.2 Å². The zero-order chi connectivity index (χ0) is 10.7. The van der Waals surface area contributed by atoms with Crippen molar-refractivity contribution in [2.24, 2.45) is 0 Å². The second-order valence-corrected chi connectivity index (χ2v) is 3.27. The van der Waals surface area contributed by atoms with Crippen molar-refractivity contribution < 1.29 is 0 Å². The Hall–Kier alpha value is -1.91. The lowest BCUT2D eigenvalue weighted by Crippen LogP contribution is -2.06. The standard InChI is InChI=1S/C10H13N5/c1-8-3-4-14-15(8)7-9-5-13-10(11-2)6-12-9/h3-6H,7H2,1-2H3,(H,11,13). The summed E-state index contributed by atoms with van der Waals surface area (Å²) in [6.07, 6.45) is 5.26. The highest BCUT2D eigenvalue weighted by Crippen LogP contribution is 2.03. The van der Waals surface area contributed by atoms with Crippen LogP contribution in [0.4, 0.5) is 5.82 Å². The SMILES string of the molecule is CNc1cnc(Cn2nccc2C)cn1. The normalized spacial score (nSPS) is 10.3. The zero-order valence-electron chi connectivity index (χ0n) is 8.81. The van der Waals surface area contributed by atoms with Gasteiger partial charge in [0.05, 0.1) is 24.6 Å². The van der Waals surface area contributed by atoms with Gasteiger partial charge in [0.2, 0.25) is 0 Å². The molecular formula is C10H13N5. The highest BCUT2D eigenvalue weighted by molar-refractivity contribution is 5.29. The van der Waals surface area contributed by atoms with Crippen molar-refractivity contribution in [3.8, 4) is 0 Å². The molecule has 0 radical (unpaired) electrons. The van der Waals surface area contributed by atoms with Crippen LogP contribution in [0.3, 0.4) is 0 Å². The maximum absolute atomic E-state index is 4.28. The van der Waals surface area contributed by atoms with E-state index in [-0.39, 0.29) is 0 Å². The minimum absolute atomic E-state index is 0.663. The first kappa shape index (κ1) is 9.64. The largest absolute Gasteiger partial charge is 0.372 e. The first-order valence-electron chi connectivity index (χ1n) is 4.76. The van der Waals surface area contributed by atoms with Crippen LogP contribution in [0.25, 0.3) is 0 Å². The van der Waals surface area contributed by atoms with Gasteiger partial charge < -0.3 is 5.32 Å². The van der Waals surface area contributed by atoms with Crippen molar-refractivity contribution in [1.29, 1.82) is 0 Å². The fourth-order valence-corrected chi connectivity index (χ4v) is 1.28. The second kappa shape index (κ2) is 4.08. The Morgan fingerprint density at radius 3 is 2.73 bits per heavy atom. The van der Waals surface area contributed by atoms with Gasteiger partial charge in [0, 0.05) is 18.9 Å². The summed E-state index contributed by atoms with van der Waals surface area (Å²) in [7, 11) is 1.82. The molecule has 2 rings (SSSR count). The molecule has 5 heteroatoms. The van der Waals surface area contributed by atoms with Gasteiger partial charge >= 0.3 is 0 Å². The first-order valence-corrected chi connectivity index (χ1v) is 4.76. The molecule has 0 unspecified atom stereocenters. The van der Waals surface area contributed by atoms with E-state index in [4.69, 9.17) is 0 Å². The van der Waals surface area contributed by atoms with Crippen LogP contribution in [0, 0.1) is 6.92 Å². The van der Waals surface area contributed by atoms with Crippen molar-refractivity contribution in [3.63, 3.8) is 0 Å².